The minimum Gasteiger partial charge on any atom is -0.497 e. The van der Waals surface area contributed by atoms with Crippen LogP contribution in [-0.4, -0.2) is 60.8 Å². The lowest BCUT2D eigenvalue weighted by molar-refractivity contribution is -0.117. The summed E-state index contributed by atoms with van der Waals surface area (Å²) >= 11 is 1.43. The first-order chi connectivity index (χ1) is 14.4. The Hall–Kier alpha value is -2.32. The lowest BCUT2D eigenvalue weighted by Crippen LogP contribution is -2.39. The number of amidine groups is 1. The van der Waals surface area contributed by atoms with Crippen molar-refractivity contribution < 1.29 is 17.9 Å². The second-order valence-electron chi connectivity index (χ2n) is 7.54. The Kier molecular flexibility index (Phi) is 6.15. The summed E-state index contributed by atoms with van der Waals surface area (Å²) in [6.07, 6.45) is 0.977. The summed E-state index contributed by atoms with van der Waals surface area (Å²) in [6.45, 7) is 0.619. The van der Waals surface area contributed by atoms with Gasteiger partial charge in [0.25, 0.3) is 5.91 Å². The highest BCUT2D eigenvalue weighted by atomic mass is 32.2. The number of benzene rings is 2. The molecule has 2 aliphatic rings. The van der Waals surface area contributed by atoms with Gasteiger partial charge in [0.2, 0.25) is 0 Å². The molecule has 1 amide bonds. The van der Waals surface area contributed by atoms with E-state index in [9.17, 15) is 13.2 Å². The fourth-order valence-electron chi connectivity index (χ4n) is 3.86. The van der Waals surface area contributed by atoms with Gasteiger partial charge in [-0.3, -0.25) is 4.79 Å². The van der Waals surface area contributed by atoms with Crippen molar-refractivity contribution in [3.05, 3.63) is 65.7 Å². The number of fused-ring (bicyclic) bond motifs is 1. The van der Waals surface area contributed by atoms with Crippen LogP contribution in [0.25, 0.3) is 0 Å². The fourth-order valence-corrected chi connectivity index (χ4v) is 7.85. The predicted octanol–water partition coefficient (Wildman–Crippen LogP) is 2.58. The van der Waals surface area contributed by atoms with E-state index in [0.717, 1.165) is 23.3 Å². The van der Waals surface area contributed by atoms with Crippen molar-refractivity contribution >= 4 is 32.7 Å². The van der Waals surface area contributed by atoms with Crippen LogP contribution in [0.2, 0.25) is 0 Å². The first-order valence-corrected chi connectivity index (χ1v) is 12.6. The number of hydrogen-bond acceptors (Lipinski definition) is 5. The molecule has 2 aliphatic heterocycles. The summed E-state index contributed by atoms with van der Waals surface area (Å²) < 4.78 is 29.5. The second-order valence-corrected chi connectivity index (χ2v) is 10.9. The molecule has 158 valence electrons. The number of ether oxygens (including phenoxy) is 1. The molecule has 0 radical (unpaired) electrons. The van der Waals surface area contributed by atoms with Crippen LogP contribution in [0.4, 0.5) is 0 Å². The number of sulfone groups is 1. The molecule has 2 aromatic carbocycles. The third-order valence-corrected chi connectivity index (χ3v) is 8.64. The Labute approximate surface area is 181 Å². The van der Waals surface area contributed by atoms with Crippen LogP contribution in [0.1, 0.15) is 11.1 Å². The molecule has 2 unspecified atom stereocenters. The molecule has 4 rings (SSSR count). The standard InChI is InChI=1S/C22H24N2O4S2/c1-28-18-9-7-16(8-10-18)11-12-24-19-14-30(26,27)15-20(19)29-22(24)23-21(25)13-17-5-3-2-4-6-17/h2-10,19-20H,11-15H2,1H3. The Morgan fingerprint density at radius 1 is 1.10 bits per heavy atom. The van der Waals surface area contributed by atoms with Crippen molar-refractivity contribution in [2.45, 2.75) is 24.1 Å². The third-order valence-electron chi connectivity index (χ3n) is 5.39. The molecular weight excluding hydrogens is 420 g/mol. The molecular formula is C22H24N2O4S2. The van der Waals surface area contributed by atoms with Gasteiger partial charge in [0.1, 0.15) is 5.75 Å². The number of thioether (sulfide) groups is 1. The highest BCUT2D eigenvalue weighted by molar-refractivity contribution is 8.15. The van der Waals surface area contributed by atoms with E-state index in [2.05, 4.69) is 4.99 Å². The first kappa shape index (κ1) is 20.9. The highest BCUT2D eigenvalue weighted by Gasteiger charge is 2.48. The normalized spacial score (nSPS) is 23.5. The average molecular weight is 445 g/mol. The maximum atomic E-state index is 12.5. The van der Waals surface area contributed by atoms with Gasteiger partial charge in [0.05, 0.1) is 31.1 Å². The smallest absolute Gasteiger partial charge is 0.252 e. The maximum absolute atomic E-state index is 12.5. The number of nitrogens with zero attached hydrogens (tertiary/aromatic N) is 2. The third kappa shape index (κ3) is 4.87. The van der Waals surface area contributed by atoms with Gasteiger partial charge in [0.15, 0.2) is 15.0 Å². The van der Waals surface area contributed by atoms with Crippen LogP contribution in [0.15, 0.2) is 59.6 Å². The van der Waals surface area contributed by atoms with Crippen molar-refractivity contribution in [2.24, 2.45) is 4.99 Å². The quantitative estimate of drug-likeness (QED) is 0.682. The van der Waals surface area contributed by atoms with Crippen molar-refractivity contribution in [3.8, 4) is 5.75 Å². The molecule has 0 spiro atoms. The van der Waals surface area contributed by atoms with Crippen LogP contribution in [0.3, 0.4) is 0 Å². The van der Waals surface area contributed by atoms with E-state index in [4.69, 9.17) is 4.74 Å². The first-order valence-electron chi connectivity index (χ1n) is 9.85. The number of carbonyl (C=O) groups is 1. The topological polar surface area (TPSA) is 76.0 Å². The molecule has 0 aliphatic carbocycles. The van der Waals surface area contributed by atoms with Crippen molar-refractivity contribution in [2.75, 3.05) is 25.2 Å². The van der Waals surface area contributed by atoms with E-state index < -0.39 is 9.84 Å². The van der Waals surface area contributed by atoms with E-state index in [1.54, 1.807) is 7.11 Å². The zero-order chi connectivity index (χ0) is 21.1. The lowest BCUT2D eigenvalue weighted by Gasteiger charge is -2.24. The molecule has 0 bridgehead atoms. The van der Waals surface area contributed by atoms with E-state index >= 15 is 0 Å². The molecule has 8 heteroatoms. The van der Waals surface area contributed by atoms with Crippen molar-refractivity contribution in [1.29, 1.82) is 0 Å². The van der Waals surface area contributed by atoms with Gasteiger partial charge in [-0.25, -0.2) is 8.42 Å². The summed E-state index contributed by atoms with van der Waals surface area (Å²) in [7, 11) is -1.42. The summed E-state index contributed by atoms with van der Waals surface area (Å²) in [6, 6.07) is 17.2. The number of aliphatic imine (C=N–C) groups is 1. The van der Waals surface area contributed by atoms with Crippen LogP contribution in [-0.2, 0) is 27.5 Å². The minimum atomic E-state index is -3.05. The molecule has 2 heterocycles. The lowest BCUT2D eigenvalue weighted by atomic mass is 10.1. The van der Waals surface area contributed by atoms with E-state index in [0.29, 0.717) is 11.7 Å². The molecule has 30 heavy (non-hydrogen) atoms. The Balaban J connectivity index is 1.50. The number of methoxy groups -OCH3 is 1. The zero-order valence-electron chi connectivity index (χ0n) is 16.7. The van der Waals surface area contributed by atoms with Gasteiger partial charge in [-0.05, 0) is 29.7 Å². The summed E-state index contributed by atoms with van der Waals surface area (Å²) in [5.41, 5.74) is 2.04. The summed E-state index contributed by atoms with van der Waals surface area (Å²) in [4.78, 5) is 18.9. The second kappa shape index (κ2) is 8.81. The fraction of sp³-hybridized carbons (Fsp3) is 0.364. The van der Waals surface area contributed by atoms with Gasteiger partial charge >= 0.3 is 0 Å². The van der Waals surface area contributed by atoms with Crippen LogP contribution < -0.4 is 4.74 Å². The van der Waals surface area contributed by atoms with Gasteiger partial charge in [-0.1, -0.05) is 54.2 Å². The Morgan fingerprint density at radius 2 is 1.83 bits per heavy atom. The molecule has 0 aromatic heterocycles. The molecule has 2 atom stereocenters. The van der Waals surface area contributed by atoms with Gasteiger partial charge in [-0.15, -0.1) is 0 Å². The van der Waals surface area contributed by atoms with Gasteiger partial charge < -0.3 is 9.64 Å². The molecule has 0 N–H and O–H groups in total. The SMILES string of the molecule is COc1ccc(CCN2C(=NC(=O)Cc3ccccc3)SC3CS(=O)(=O)CC32)cc1. The Morgan fingerprint density at radius 3 is 2.53 bits per heavy atom. The molecule has 6 nitrogen and oxygen atoms in total. The molecule has 0 saturated carbocycles. The molecule has 2 fully saturated rings. The van der Waals surface area contributed by atoms with Gasteiger partial charge in [-0.2, -0.15) is 4.99 Å². The van der Waals surface area contributed by atoms with Crippen molar-refractivity contribution in [3.63, 3.8) is 0 Å². The van der Waals surface area contributed by atoms with Gasteiger partial charge in [0, 0.05) is 11.8 Å². The predicted molar refractivity (Wildman–Crippen MR) is 120 cm³/mol. The van der Waals surface area contributed by atoms with E-state index in [1.165, 1.54) is 11.8 Å². The number of rotatable bonds is 6. The zero-order valence-corrected chi connectivity index (χ0v) is 18.4. The van der Waals surface area contributed by atoms with E-state index in [1.807, 2.05) is 59.5 Å². The van der Waals surface area contributed by atoms with Crippen LogP contribution >= 0.6 is 11.8 Å². The highest BCUT2D eigenvalue weighted by Crippen LogP contribution is 2.38. The van der Waals surface area contributed by atoms with Crippen molar-refractivity contribution in [1.82, 2.24) is 4.90 Å². The molecule has 2 saturated heterocycles. The van der Waals surface area contributed by atoms with Crippen LogP contribution in [0.5, 0.6) is 5.75 Å². The average Bonchev–Trinajstić information content (AvgIpc) is 3.18. The van der Waals surface area contributed by atoms with E-state index in [-0.39, 0.29) is 35.1 Å². The number of amides is 1. The number of carbonyl (C=O) groups excluding carboxylic acids is 1. The number of hydrogen-bond donors (Lipinski definition) is 0. The maximum Gasteiger partial charge on any atom is 0.252 e. The summed E-state index contributed by atoms with van der Waals surface area (Å²) in [5.74, 6) is 0.860. The monoisotopic (exact) mass is 444 g/mol. The largest absolute Gasteiger partial charge is 0.497 e. The minimum absolute atomic E-state index is 0.0610. The Bertz CT molecular complexity index is 1040. The van der Waals surface area contributed by atoms with Crippen LogP contribution in [0, 0.1) is 0 Å². The summed E-state index contributed by atoms with van der Waals surface area (Å²) in [5, 5.41) is 0.587. The molecule has 2 aromatic rings.